The summed E-state index contributed by atoms with van der Waals surface area (Å²) < 4.78 is 11.5. The van der Waals surface area contributed by atoms with Crippen molar-refractivity contribution in [1.29, 1.82) is 0 Å². The number of hydrogen-bond acceptors (Lipinski definition) is 5. The van der Waals surface area contributed by atoms with Crippen LogP contribution in [-0.2, 0) is 0 Å². The first-order valence-corrected chi connectivity index (χ1v) is 7.41. The van der Waals surface area contributed by atoms with Gasteiger partial charge in [-0.1, -0.05) is 24.3 Å². The third-order valence-corrected chi connectivity index (χ3v) is 3.68. The number of hydrogen-bond donors (Lipinski definition) is 2. The number of benzene rings is 2. The van der Waals surface area contributed by atoms with E-state index in [1.165, 1.54) is 0 Å². The van der Waals surface area contributed by atoms with Crippen molar-refractivity contribution in [2.45, 2.75) is 6.10 Å². The number of ether oxygens (including phenoxy) is 2. The number of nitrogens with one attached hydrogen (secondary N) is 2. The Morgan fingerprint density at radius 1 is 1.13 bits per heavy atom. The van der Waals surface area contributed by atoms with Crippen LogP contribution >= 0.6 is 0 Å². The van der Waals surface area contributed by atoms with Crippen molar-refractivity contribution in [3.63, 3.8) is 0 Å². The molecule has 0 spiro atoms. The Bertz CT molecular complexity index is 907. The summed E-state index contributed by atoms with van der Waals surface area (Å²) in [6.45, 7) is 0.928. The lowest BCUT2D eigenvalue weighted by Crippen LogP contribution is -2.35. The number of nitrogens with zero attached hydrogens (tertiary/aromatic N) is 1. The van der Waals surface area contributed by atoms with Gasteiger partial charge >= 0.3 is 0 Å². The summed E-state index contributed by atoms with van der Waals surface area (Å²) >= 11 is 0. The summed E-state index contributed by atoms with van der Waals surface area (Å²) in [5.74, 6) is 1.91. The second-order valence-electron chi connectivity index (χ2n) is 5.31. The molecule has 0 aliphatic carbocycles. The summed E-state index contributed by atoms with van der Waals surface area (Å²) in [6.07, 6.45) is -0.151. The molecule has 2 N–H and O–H groups in total. The number of H-pyrrole nitrogens is 1. The second kappa shape index (κ2) is 5.64. The van der Waals surface area contributed by atoms with E-state index in [9.17, 15) is 4.79 Å². The highest BCUT2D eigenvalue weighted by atomic mass is 16.6. The van der Waals surface area contributed by atoms with Crippen LogP contribution in [0.1, 0.15) is 0 Å². The van der Waals surface area contributed by atoms with Crippen LogP contribution in [0.4, 0.5) is 5.95 Å². The average Bonchev–Trinajstić information content (AvgIpc) is 2.60. The monoisotopic (exact) mass is 309 g/mol. The van der Waals surface area contributed by atoms with Gasteiger partial charge in [-0.3, -0.25) is 9.78 Å². The fourth-order valence-corrected chi connectivity index (χ4v) is 2.54. The number of para-hydroxylation sites is 3. The fraction of sp³-hybridized carbons (Fsp3) is 0.176. The number of aromatic amines is 1. The molecule has 1 aliphatic heterocycles. The van der Waals surface area contributed by atoms with Crippen LogP contribution in [0.2, 0.25) is 0 Å². The molecule has 1 atom stereocenters. The summed E-state index contributed by atoms with van der Waals surface area (Å²) in [5, 5.41) is 3.68. The Labute approximate surface area is 132 Å². The van der Waals surface area contributed by atoms with Crippen molar-refractivity contribution < 1.29 is 9.47 Å². The first kappa shape index (κ1) is 13.6. The van der Waals surface area contributed by atoms with E-state index in [0.717, 1.165) is 11.5 Å². The first-order chi connectivity index (χ1) is 11.3. The van der Waals surface area contributed by atoms with Gasteiger partial charge in [-0.2, -0.15) is 0 Å². The SMILES string of the molecule is O=c1[nH]c(NC[C@H]2COc3ccccc3O2)nc2ccccc12. The van der Waals surface area contributed by atoms with Gasteiger partial charge in [0.15, 0.2) is 11.5 Å². The molecule has 0 fully saturated rings. The largest absolute Gasteiger partial charge is 0.486 e. The Balaban J connectivity index is 1.49. The van der Waals surface area contributed by atoms with Gasteiger partial charge in [-0.05, 0) is 24.3 Å². The van der Waals surface area contributed by atoms with Gasteiger partial charge in [0, 0.05) is 0 Å². The Morgan fingerprint density at radius 3 is 2.83 bits per heavy atom. The van der Waals surface area contributed by atoms with E-state index in [1.54, 1.807) is 6.07 Å². The molecular formula is C17H15N3O3. The smallest absolute Gasteiger partial charge is 0.260 e. The third-order valence-electron chi connectivity index (χ3n) is 3.68. The number of fused-ring (bicyclic) bond motifs is 2. The summed E-state index contributed by atoms with van der Waals surface area (Å²) in [6, 6.07) is 14.8. The van der Waals surface area contributed by atoms with Crippen LogP contribution in [0, 0.1) is 0 Å². The molecule has 0 radical (unpaired) electrons. The maximum absolute atomic E-state index is 12.0. The van der Waals surface area contributed by atoms with Crippen molar-refractivity contribution in [2.24, 2.45) is 0 Å². The van der Waals surface area contributed by atoms with Crippen molar-refractivity contribution >= 4 is 16.9 Å². The maximum atomic E-state index is 12.0. The molecule has 6 heteroatoms. The molecule has 6 nitrogen and oxygen atoms in total. The molecule has 3 aromatic rings. The molecule has 4 rings (SSSR count). The van der Waals surface area contributed by atoms with Crippen LogP contribution in [0.5, 0.6) is 11.5 Å². The lowest BCUT2D eigenvalue weighted by molar-refractivity contribution is 0.0996. The van der Waals surface area contributed by atoms with E-state index >= 15 is 0 Å². The lowest BCUT2D eigenvalue weighted by Gasteiger charge is -2.26. The molecule has 1 aromatic heterocycles. The molecular weight excluding hydrogens is 294 g/mol. The van der Waals surface area contributed by atoms with Gasteiger partial charge in [-0.15, -0.1) is 0 Å². The van der Waals surface area contributed by atoms with Gasteiger partial charge in [0.05, 0.1) is 17.4 Å². The standard InChI is InChI=1S/C17H15N3O3/c21-16-12-5-1-2-6-13(12)19-17(20-16)18-9-11-10-22-14-7-3-4-8-15(14)23-11/h1-8,11H,9-10H2,(H2,18,19,20,21)/t11-/m0/s1. The van der Waals surface area contributed by atoms with Crippen LogP contribution in [0.25, 0.3) is 10.9 Å². The molecule has 116 valence electrons. The number of anilines is 1. The van der Waals surface area contributed by atoms with Crippen molar-refractivity contribution in [2.75, 3.05) is 18.5 Å². The van der Waals surface area contributed by atoms with E-state index in [0.29, 0.717) is 30.0 Å². The molecule has 1 aliphatic rings. The normalized spacial score (nSPS) is 16.3. The van der Waals surface area contributed by atoms with E-state index in [2.05, 4.69) is 15.3 Å². The van der Waals surface area contributed by atoms with E-state index in [4.69, 9.17) is 9.47 Å². The Kier molecular flexibility index (Phi) is 3.34. The fourth-order valence-electron chi connectivity index (χ4n) is 2.54. The van der Waals surface area contributed by atoms with Crippen molar-refractivity contribution in [1.82, 2.24) is 9.97 Å². The maximum Gasteiger partial charge on any atom is 0.260 e. The summed E-state index contributed by atoms with van der Waals surface area (Å²) in [7, 11) is 0. The molecule has 2 aromatic carbocycles. The van der Waals surface area contributed by atoms with Gasteiger partial charge in [-0.25, -0.2) is 4.98 Å². The zero-order valence-electron chi connectivity index (χ0n) is 12.3. The molecule has 0 unspecified atom stereocenters. The molecule has 2 heterocycles. The zero-order chi connectivity index (χ0) is 15.6. The second-order valence-corrected chi connectivity index (χ2v) is 5.31. The zero-order valence-corrected chi connectivity index (χ0v) is 12.3. The highest BCUT2D eigenvalue weighted by Crippen LogP contribution is 2.30. The van der Waals surface area contributed by atoms with Gasteiger partial charge in [0.2, 0.25) is 5.95 Å². The highest BCUT2D eigenvalue weighted by molar-refractivity contribution is 5.78. The van der Waals surface area contributed by atoms with Crippen LogP contribution in [0.15, 0.2) is 53.3 Å². The number of aromatic nitrogens is 2. The third kappa shape index (κ3) is 2.70. The van der Waals surface area contributed by atoms with Gasteiger partial charge < -0.3 is 14.8 Å². The Morgan fingerprint density at radius 2 is 1.91 bits per heavy atom. The van der Waals surface area contributed by atoms with Gasteiger partial charge in [0.1, 0.15) is 12.7 Å². The van der Waals surface area contributed by atoms with E-state index in [-0.39, 0.29) is 11.7 Å². The Hall–Kier alpha value is -3.02. The van der Waals surface area contributed by atoms with Crippen LogP contribution < -0.4 is 20.3 Å². The predicted molar refractivity (Wildman–Crippen MR) is 87.2 cm³/mol. The minimum atomic E-state index is -0.163. The topological polar surface area (TPSA) is 76.2 Å². The first-order valence-electron chi connectivity index (χ1n) is 7.41. The molecule has 0 saturated carbocycles. The van der Waals surface area contributed by atoms with Gasteiger partial charge in [0.25, 0.3) is 5.56 Å². The highest BCUT2D eigenvalue weighted by Gasteiger charge is 2.20. The summed E-state index contributed by atoms with van der Waals surface area (Å²) in [5.41, 5.74) is 0.495. The molecule has 23 heavy (non-hydrogen) atoms. The van der Waals surface area contributed by atoms with Crippen molar-refractivity contribution in [3.8, 4) is 11.5 Å². The number of rotatable bonds is 3. The quantitative estimate of drug-likeness (QED) is 0.775. The van der Waals surface area contributed by atoms with Crippen molar-refractivity contribution in [3.05, 3.63) is 58.9 Å². The lowest BCUT2D eigenvalue weighted by atomic mass is 10.2. The molecule has 0 saturated heterocycles. The predicted octanol–water partition coefficient (Wildman–Crippen LogP) is 2.17. The molecule has 0 amide bonds. The minimum absolute atomic E-state index is 0.151. The van der Waals surface area contributed by atoms with Crippen LogP contribution in [0.3, 0.4) is 0 Å². The average molecular weight is 309 g/mol. The van der Waals surface area contributed by atoms with Crippen LogP contribution in [-0.4, -0.2) is 29.2 Å². The minimum Gasteiger partial charge on any atom is -0.486 e. The summed E-state index contributed by atoms with van der Waals surface area (Å²) in [4.78, 5) is 19.2. The van der Waals surface area contributed by atoms with E-state index in [1.807, 2.05) is 42.5 Å². The molecule has 0 bridgehead atoms. The van der Waals surface area contributed by atoms with E-state index < -0.39 is 0 Å².